The zero-order chi connectivity index (χ0) is 33.5. The molecule has 254 valence electrons. The van der Waals surface area contributed by atoms with Gasteiger partial charge in [-0.15, -0.1) is 0 Å². The number of aryl methyl sites for hydroxylation is 1. The molecule has 2 fully saturated rings. The molecule has 3 heterocycles. The van der Waals surface area contributed by atoms with Gasteiger partial charge in [0, 0.05) is 37.3 Å². The second kappa shape index (κ2) is 13.4. The van der Waals surface area contributed by atoms with Crippen molar-refractivity contribution in [1.82, 2.24) is 9.62 Å². The minimum Gasteiger partial charge on any atom is -0.487 e. The first kappa shape index (κ1) is 33.8. The third-order valence-electron chi connectivity index (χ3n) is 11.1. The van der Waals surface area contributed by atoms with E-state index in [1.54, 1.807) is 43.1 Å². The fraction of sp³-hybridized carbons (Fsp3) is 0.556. The molecule has 1 aliphatic carbocycles. The van der Waals surface area contributed by atoms with Crippen molar-refractivity contribution in [2.75, 3.05) is 31.6 Å². The summed E-state index contributed by atoms with van der Waals surface area (Å²) in [7, 11) is -2.24. The Hall–Kier alpha value is -3.08. The molecular formula is C36H46ClN3O6S. The van der Waals surface area contributed by atoms with E-state index >= 15 is 0 Å². The lowest BCUT2D eigenvalue weighted by Gasteiger charge is -2.50. The van der Waals surface area contributed by atoms with Crippen molar-refractivity contribution in [2.45, 2.75) is 76.3 Å². The van der Waals surface area contributed by atoms with Crippen molar-refractivity contribution in [2.24, 2.45) is 23.7 Å². The smallest absolute Gasteiger partial charge is 0.264 e. The number of aliphatic hydroxyl groups is 1. The van der Waals surface area contributed by atoms with Gasteiger partial charge in [-0.2, -0.15) is 0 Å². The Labute approximate surface area is 283 Å². The van der Waals surface area contributed by atoms with Crippen LogP contribution in [0.15, 0.2) is 48.6 Å². The van der Waals surface area contributed by atoms with E-state index in [2.05, 4.69) is 9.62 Å². The number of hydrogen-bond acceptors (Lipinski definition) is 7. The van der Waals surface area contributed by atoms with Gasteiger partial charge in [0.1, 0.15) is 12.4 Å². The number of amides is 2. The first-order valence-electron chi connectivity index (χ1n) is 16.9. The normalized spacial score (nSPS) is 32.1. The maximum absolute atomic E-state index is 13.5. The van der Waals surface area contributed by atoms with Crippen molar-refractivity contribution in [3.63, 3.8) is 0 Å². The predicted octanol–water partition coefficient (Wildman–Crippen LogP) is 5.34. The zero-order valence-corrected chi connectivity index (χ0v) is 29.0. The van der Waals surface area contributed by atoms with Crippen molar-refractivity contribution in [3.8, 4) is 5.75 Å². The second-order valence-corrected chi connectivity index (χ2v) is 16.5. The summed E-state index contributed by atoms with van der Waals surface area (Å²) in [5.74, 6) is -1.09. The van der Waals surface area contributed by atoms with Crippen LogP contribution in [0, 0.1) is 23.7 Å². The molecule has 4 aliphatic rings. The zero-order valence-electron chi connectivity index (χ0n) is 27.5. The lowest BCUT2D eigenvalue weighted by atomic mass is 9.60. The summed E-state index contributed by atoms with van der Waals surface area (Å²) in [6, 6.07) is 10.9. The molecular weight excluding hydrogens is 638 g/mol. The van der Waals surface area contributed by atoms with Crippen LogP contribution in [0.5, 0.6) is 5.75 Å². The summed E-state index contributed by atoms with van der Waals surface area (Å²) in [5, 5.41) is 12.3. The molecule has 11 heteroatoms. The van der Waals surface area contributed by atoms with Gasteiger partial charge in [-0.05, 0) is 111 Å². The van der Waals surface area contributed by atoms with Crippen molar-refractivity contribution < 1.29 is 27.9 Å². The second-order valence-electron chi connectivity index (χ2n) is 14.0. The van der Waals surface area contributed by atoms with Gasteiger partial charge in [0.25, 0.3) is 5.91 Å². The van der Waals surface area contributed by atoms with Crippen LogP contribution in [-0.2, 0) is 27.8 Å². The standard InChI is InChI=1S/C36H46ClN3O6S/c1-23-7-6-16-36(43,31-15-18-39(3)35(31)42)30-13-10-27(30)21-40-17-5-4-8-25-19-29(37)12-9-28(25)22-46-33-14-11-26(20-32(33)40)34(41)38-47(44,45)24(23)2/h6,9,11-12,14,16,19-20,23-24,27,30-31,43H,4-5,7-8,10,13,15,17-18,21-22H2,1-3H3,(H,38,41)/b16-6+/t23-,24+,27-,30+,31+,36+/m0/s1. The molecule has 9 nitrogen and oxygen atoms in total. The van der Waals surface area contributed by atoms with E-state index in [9.17, 15) is 23.1 Å². The van der Waals surface area contributed by atoms with E-state index in [1.807, 2.05) is 31.2 Å². The fourth-order valence-electron chi connectivity index (χ4n) is 7.76. The van der Waals surface area contributed by atoms with E-state index in [1.165, 1.54) is 0 Å². The SMILES string of the molecule is C[C@@H]1[C@@H](C)C/C=C/[C@](O)([C@@H]2CCN(C)C2=O)[C@@H]2CC[C@H]2CN2CCCCc3cc(Cl)ccc3COc3ccc(cc32)C(=O)NS1(=O)=O. The number of halogens is 1. The maximum Gasteiger partial charge on any atom is 0.264 e. The van der Waals surface area contributed by atoms with Crippen LogP contribution >= 0.6 is 11.6 Å². The molecule has 2 bridgehead atoms. The number of fused-ring (bicyclic) bond motifs is 3. The first-order valence-corrected chi connectivity index (χ1v) is 18.8. The molecule has 0 unspecified atom stereocenters. The number of sulfonamides is 1. The highest BCUT2D eigenvalue weighted by atomic mass is 35.5. The molecule has 1 saturated heterocycles. The third-order valence-corrected chi connectivity index (χ3v) is 13.3. The summed E-state index contributed by atoms with van der Waals surface area (Å²) in [6.07, 6.45) is 8.89. The Kier molecular flexibility index (Phi) is 9.67. The number of allylic oxidation sites excluding steroid dienone is 1. The van der Waals surface area contributed by atoms with Gasteiger partial charge in [0.2, 0.25) is 15.9 Å². The quantitative estimate of drug-likeness (QED) is 0.390. The summed E-state index contributed by atoms with van der Waals surface area (Å²) in [6.45, 7) is 5.60. The molecule has 6 atom stereocenters. The highest BCUT2D eigenvalue weighted by Crippen LogP contribution is 2.49. The van der Waals surface area contributed by atoms with Gasteiger partial charge in [0.15, 0.2) is 0 Å². The van der Waals surface area contributed by atoms with Crippen LogP contribution in [0.1, 0.15) is 73.9 Å². The third kappa shape index (κ3) is 6.78. The van der Waals surface area contributed by atoms with Gasteiger partial charge in [-0.3, -0.25) is 9.59 Å². The molecule has 2 amide bonds. The molecule has 0 spiro atoms. The monoisotopic (exact) mass is 683 g/mol. The average molecular weight is 684 g/mol. The minimum absolute atomic E-state index is 0.0535. The van der Waals surface area contributed by atoms with Crippen LogP contribution in [-0.4, -0.2) is 67.8 Å². The summed E-state index contributed by atoms with van der Waals surface area (Å²) >= 11 is 6.34. The van der Waals surface area contributed by atoms with Gasteiger partial charge >= 0.3 is 0 Å². The van der Waals surface area contributed by atoms with Gasteiger partial charge in [0.05, 0.1) is 22.5 Å². The Morgan fingerprint density at radius 1 is 1.02 bits per heavy atom. The van der Waals surface area contributed by atoms with Crippen LogP contribution in [0.3, 0.4) is 0 Å². The van der Waals surface area contributed by atoms with Crippen LogP contribution in [0.25, 0.3) is 0 Å². The molecule has 1 saturated carbocycles. The predicted molar refractivity (Wildman–Crippen MR) is 183 cm³/mol. The molecule has 2 N–H and O–H groups in total. The topological polar surface area (TPSA) is 116 Å². The Bertz CT molecular complexity index is 1660. The van der Waals surface area contributed by atoms with E-state index in [-0.39, 0.29) is 29.2 Å². The maximum atomic E-state index is 13.5. The van der Waals surface area contributed by atoms with E-state index < -0.39 is 32.7 Å². The molecule has 0 aromatic heterocycles. The van der Waals surface area contributed by atoms with Gasteiger partial charge < -0.3 is 19.6 Å². The Balaban J connectivity index is 1.42. The average Bonchev–Trinajstić information content (AvgIpc) is 3.35. The number of benzene rings is 2. The van der Waals surface area contributed by atoms with Crippen molar-refractivity contribution in [1.29, 1.82) is 0 Å². The number of hydrogen-bond donors (Lipinski definition) is 2. The number of carbonyl (C=O) groups excluding carboxylic acids is 2. The number of ether oxygens (including phenoxy) is 1. The van der Waals surface area contributed by atoms with E-state index in [0.29, 0.717) is 55.5 Å². The van der Waals surface area contributed by atoms with Crippen LogP contribution < -0.4 is 14.4 Å². The fourth-order valence-corrected chi connectivity index (χ4v) is 9.24. The molecule has 6 rings (SSSR count). The molecule has 2 aromatic rings. The highest BCUT2D eigenvalue weighted by molar-refractivity contribution is 7.90. The largest absolute Gasteiger partial charge is 0.487 e. The summed E-state index contributed by atoms with van der Waals surface area (Å²) < 4.78 is 35.5. The molecule has 0 radical (unpaired) electrons. The lowest BCUT2D eigenvalue weighted by molar-refractivity contribution is -0.143. The summed E-state index contributed by atoms with van der Waals surface area (Å²) in [4.78, 5) is 30.7. The lowest BCUT2D eigenvalue weighted by Crippen LogP contribution is -2.55. The number of likely N-dealkylation sites (tertiary alicyclic amines) is 1. The van der Waals surface area contributed by atoms with Crippen LogP contribution in [0.4, 0.5) is 5.69 Å². The number of nitrogens with zero attached hydrogens (tertiary/aromatic N) is 2. The van der Waals surface area contributed by atoms with E-state index in [0.717, 1.165) is 43.2 Å². The Morgan fingerprint density at radius 3 is 2.55 bits per heavy atom. The minimum atomic E-state index is -4.02. The van der Waals surface area contributed by atoms with Gasteiger partial charge in [-0.25, -0.2) is 13.1 Å². The van der Waals surface area contributed by atoms with Crippen molar-refractivity contribution >= 4 is 39.1 Å². The molecule has 3 aliphatic heterocycles. The molecule has 2 aromatic carbocycles. The number of carbonyl (C=O) groups is 2. The molecule has 47 heavy (non-hydrogen) atoms. The summed E-state index contributed by atoms with van der Waals surface area (Å²) in [5.41, 5.74) is 1.78. The Morgan fingerprint density at radius 2 is 1.83 bits per heavy atom. The van der Waals surface area contributed by atoms with Gasteiger partial charge in [-0.1, -0.05) is 36.7 Å². The van der Waals surface area contributed by atoms with Crippen LogP contribution in [0.2, 0.25) is 5.02 Å². The van der Waals surface area contributed by atoms with Crippen molar-refractivity contribution in [3.05, 3.63) is 70.3 Å². The number of rotatable bonds is 1. The number of nitrogens with one attached hydrogen (secondary N) is 1. The first-order chi connectivity index (χ1) is 22.4. The van der Waals surface area contributed by atoms with E-state index in [4.69, 9.17) is 16.3 Å². The number of anilines is 1. The highest BCUT2D eigenvalue weighted by Gasteiger charge is 2.54.